The minimum atomic E-state index is -0.312. The van der Waals surface area contributed by atoms with Crippen LogP contribution in [-0.4, -0.2) is 25.5 Å². The number of aliphatic imine (C=N–C) groups is 1. The van der Waals surface area contributed by atoms with Crippen molar-refractivity contribution in [1.29, 1.82) is 0 Å². The molecule has 0 bridgehead atoms. The van der Waals surface area contributed by atoms with Gasteiger partial charge in [0.15, 0.2) is 0 Å². The Labute approximate surface area is 119 Å². The number of ether oxygens (including phenoxy) is 1. The summed E-state index contributed by atoms with van der Waals surface area (Å²) in [7, 11) is 1.39. The van der Waals surface area contributed by atoms with Crippen molar-refractivity contribution in [2.75, 3.05) is 13.7 Å². The summed E-state index contributed by atoms with van der Waals surface area (Å²) in [5, 5.41) is 0. The van der Waals surface area contributed by atoms with Gasteiger partial charge >= 0.3 is 5.97 Å². The van der Waals surface area contributed by atoms with E-state index < -0.39 is 0 Å². The Morgan fingerprint density at radius 3 is 3.05 bits per heavy atom. The zero-order valence-corrected chi connectivity index (χ0v) is 11.7. The number of carbonyl (C=O) groups excluding carboxylic acids is 1. The zero-order valence-electron chi connectivity index (χ0n) is 11.7. The molecule has 0 fully saturated rings. The van der Waals surface area contributed by atoms with Gasteiger partial charge in [0.2, 0.25) is 0 Å². The molecule has 2 rings (SSSR count). The number of hydrogen-bond donors (Lipinski definition) is 1. The van der Waals surface area contributed by atoms with Gasteiger partial charge in [-0.05, 0) is 30.4 Å². The van der Waals surface area contributed by atoms with Crippen LogP contribution in [0, 0.1) is 5.92 Å². The molecule has 1 aliphatic heterocycles. The van der Waals surface area contributed by atoms with Crippen LogP contribution in [-0.2, 0) is 4.74 Å². The third-order valence-corrected chi connectivity index (χ3v) is 3.45. The Kier molecular flexibility index (Phi) is 4.93. The molecule has 0 aliphatic carbocycles. The normalized spacial score (nSPS) is 19.4. The van der Waals surface area contributed by atoms with Crippen LogP contribution in [0.3, 0.4) is 0 Å². The summed E-state index contributed by atoms with van der Waals surface area (Å²) in [6.07, 6.45) is 7.10. The molecule has 2 N–H and O–H groups in total. The first-order chi connectivity index (χ1) is 9.70. The molecule has 106 valence electrons. The van der Waals surface area contributed by atoms with E-state index >= 15 is 0 Å². The van der Waals surface area contributed by atoms with E-state index in [1.54, 1.807) is 6.07 Å². The van der Waals surface area contributed by atoms with E-state index in [1.807, 2.05) is 24.3 Å². The highest BCUT2D eigenvalue weighted by molar-refractivity contribution is 5.93. The largest absolute Gasteiger partial charge is 0.465 e. The molecular formula is C16H20N2O2. The van der Waals surface area contributed by atoms with Crippen molar-refractivity contribution >= 4 is 17.9 Å². The summed E-state index contributed by atoms with van der Waals surface area (Å²) >= 11 is 0. The van der Waals surface area contributed by atoms with Gasteiger partial charge in [0.1, 0.15) is 0 Å². The van der Waals surface area contributed by atoms with Gasteiger partial charge in [-0.3, -0.25) is 4.99 Å². The fourth-order valence-corrected chi connectivity index (χ4v) is 2.29. The molecule has 1 aromatic rings. The van der Waals surface area contributed by atoms with Crippen LogP contribution in [0.1, 0.15) is 35.2 Å². The second-order valence-corrected chi connectivity index (χ2v) is 4.92. The summed E-state index contributed by atoms with van der Waals surface area (Å²) in [5.41, 5.74) is 7.21. The van der Waals surface area contributed by atoms with Crippen LogP contribution < -0.4 is 5.73 Å². The molecule has 1 aliphatic rings. The van der Waals surface area contributed by atoms with Gasteiger partial charge in [-0.1, -0.05) is 30.4 Å². The predicted molar refractivity (Wildman–Crippen MR) is 80.6 cm³/mol. The van der Waals surface area contributed by atoms with E-state index in [1.165, 1.54) is 7.11 Å². The maximum Gasteiger partial charge on any atom is 0.338 e. The van der Waals surface area contributed by atoms with Gasteiger partial charge in [0.25, 0.3) is 0 Å². The third kappa shape index (κ3) is 3.70. The molecular weight excluding hydrogens is 252 g/mol. The van der Waals surface area contributed by atoms with E-state index in [4.69, 9.17) is 10.5 Å². The van der Waals surface area contributed by atoms with Crippen LogP contribution in [0.5, 0.6) is 0 Å². The van der Waals surface area contributed by atoms with Crippen LogP contribution in [0.15, 0.2) is 35.3 Å². The number of hydrogen-bond acceptors (Lipinski definition) is 4. The topological polar surface area (TPSA) is 64.7 Å². The van der Waals surface area contributed by atoms with Crippen LogP contribution in [0.2, 0.25) is 0 Å². The van der Waals surface area contributed by atoms with E-state index in [0.29, 0.717) is 11.5 Å². The molecule has 1 aromatic carbocycles. The smallest absolute Gasteiger partial charge is 0.338 e. The van der Waals surface area contributed by atoms with Gasteiger partial charge < -0.3 is 10.5 Å². The number of benzene rings is 1. The number of amidine groups is 1. The molecule has 1 atom stereocenters. The average molecular weight is 272 g/mol. The highest BCUT2D eigenvalue weighted by atomic mass is 16.5. The Bertz CT molecular complexity index is 535. The predicted octanol–water partition coefficient (Wildman–Crippen LogP) is 2.64. The Morgan fingerprint density at radius 1 is 1.45 bits per heavy atom. The number of nitrogens with zero attached hydrogens (tertiary/aromatic N) is 1. The quantitative estimate of drug-likeness (QED) is 0.860. The molecule has 20 heavy (non-hydrogen) atoms. The number of carbonyl (C=O) groups is 1. The monoisotopic (exact) mass is 272 g/mol. The molecule has 1 heterocycles. The molecule has 0 spiro atoms. The first-order valence-electron chi connectivity index (χ1n) is 6.85. The summed E-state index contributed by atoms with van der Waals surface area (Å²) in [6, 6.07) is 7.43. The lowest BCUT2D eigenvalue weighted by Gasteiger charge is -2.07. The Hall–Kier alpha value is -2.10. The molecule has 0 amide bonds. The molecule has 0 radical (unpaired) electrons. The summed E-state index contributed by atoms with van der Waals surface area (Å²) in [5.74, 6) is 0.811. The highest BCUT2D eigenvalue weighted by Gasteiger charge is 2.11. The SMILES string of the molecule is COC(=O)c1ccccc1C=CC1CCCC(N)=NC1. The highest BCUT2D eigenvalue weighted by Crippen LogP contribution is 2.18. The molecule has 4 heteroatoms. The van der Waals surface area contributed by atoms with Gasteiger partial charge in [0, 0.05) is 13.0 Å². The second kappa shape index (κ2) is 6.89. The lowest BCUT2D eigenvalue weighted by Crippen LogP contribution is -2.10. The van der Waals surface area contributed by atoms with Gasteiger partial charge in [-0.25, -0.2) is 4.79 Å². The number of esters is 1. The molecule has 1 unspecified atom stereocenters. The number of methoxy groups -OCH3 is 1. The number of nitrogens with two attached hydrogens (primary N) is 1. The number of rotatable bonds is 3. The Balaban J connectivity index is 2.13. The maximum absolute atomic E-state index is 11.7. The van der Waals surface area contributed by atoms with Crippen LogP contribution in [0.4, 0.5) is 0 Å². The van der Waals surface area contributed by atoms with Gasteiger partial charge in [-0.15, -0.1) is 0 Å². The van der Waals surface area contributed by atoms with Crippen molar-refractivity contribution in [2.24, 2.45) is 16.6 Å². The summed E-state index contributed by atoms with van der Waals surface area (Å²) in [6.45, 7) is 0.725. The zero-order chi connectivity index (χ0) is 14.4. The minimum Gasteiger partial charge on any atom is -0.465 e. The average Bonchev–Trinajstić information content (AvgIpc) is 2.69. The maximum atomic E-state index is 11.7. The fourth-order valence-electron chi connectivity index (χ4n) is 2.29. The van der Waals surface area contributed by atoms with E-state index in [9.17, 15) is 4.79 Å². The molecule has 0 saturated heterocycles. The first kappa shape index (κ1) is 14.3. The van der Waals surface area contributed by atoms with Crippen LogP contribution in [0.25, 0.3) is 6.08 Å². The van der Waals surface area contributed by atoms with Crippen molar-refractivity contribution in [3.8, 4) is 0 Å². The lowest BCUT2D eigenvalue weighted by atomic mass is 10.00. The van der Waals surface area contributed by atoms with Gasteiger partial charge in [0.05, 0.1) is 18.5 Å². The van der Waals surface area contributed by atoms with Gasteiger partial charge in [-0.2, -0.15) is 0 Å². The van der Waals surface area contributed by atoms with Crippen molar-refractivity contribution in [2.45, 2.75) is 19.3 Å². The first-order valence-corrected chi connectivity index (χ1v) is 6.85. The van der Waals surface area contributed by atoms with Crippen molar-refractivity contribution in [3.63, 3.8) is 0 Å². The summed E-state index contributed by atoms with van der Waals surface area (Å²) in [4.78, 5) is 16.0. The van der Waals surface area contributed by atoms with E-state index in [-0.39, 0.29) is 5.97 Å². The molecule has 0 saturated carbocycles. The molecule has 4 nitrogen and oxygen atoms in total. The second-order valence-electron chi connectivity index (χ2n) is 4.92. The minimum absolute atomic E-state index is 0.312. The fraction of sp³-hybridized carbons (Fsp3) is 0.375. The summed E-state index contributed by atoms with van der Waals surface area (Å²) < 4.78 is 4.79. The standard InChI is InChI=1S/C16H20N2O2/c1-20-16(19)14-7-3-2-6-13(14)10-9-12-5-4-8-15(17)18-11-12/h2-3,6-7,9-10,12H,4-5,8,11H2,1H3,(H2,17,18). The third-order valence-electron chi connectivity index (χ3n) is 3.45. The van der Waals surface area contributed by atoms with E-state index in [0.717, 1.165) is 37.2 Å². The van der Waals surface area contributed by atoms with E-state index in [2.05, 4.69) is 11.1 Å². The van der Waals surface area contributed by atoms with Crippen molar-refractivity contribution in [3.05, 3.63) is 41.5 Å². The molecule has 0 aromatic heterocycles. The lowest BCUT2D eigenvalue weighted by molar-refractivity contribution is 0.0600. The van der Waals surface area contributed by atoms with Crippen LogP contribution >= 0.6 is 0 Å². The van der Waals surface area contributed by atoms with Crippen molar-refractivity contribution < 1.29 is 9.53 Å². The Morgan fingerprint density at radius 2 is 2.25 bits per heavy atom. The van der Waals surface area contributed by atoms with Crippen molar-refractivity contribution in [1.82, 2.24) is 0 Å².